The largest absolute Gasteiger partial charge is 0.497 e. The van der Waals surface area contributed by atoms with Gasteiger partial charge in [-0.15, -0.1) is 0 Å². The summed E-state index contributed by atoms with van der Waals surface area (Å²) in [5.41, 5.74) is 3.52. The van der Waals surface area contributed by atoms with Crippen LogP contribution < -0.4 is 25.4 Å². The molecule has 246 valence electrons. The molecule has 1 aliphatic rings. The summed E-state index contributed by atoms with van der Waals surface area (Å²) in [6.07, 6.45) is -4.61. The number of alkyl halides is 6. The zero-order chi connectivity index (χ0) is 33.6. The van der Waals surface area contributed by atoms with E-state index in [1.807, 2.05) is 48.7 Å². The van der Waals surface area contributed by atoms with E-state index in [-0.39, 0.29) is 12.1 Å². The number of urea groups is 1. The van der Waals surface area contributed by atoms with Gasteiger partial charge in [-0.2, -0.15) is 31.4 Å². The van der Waals surface area contributed by atoms with Crippen molar-refractivity contribution in [1.82, 2.24) is 20.8 Å². The molecular formula is C27H29F6N5O7. The molecule has 0 bridgehead atoms. The van der Waals surface area contributed by atoms with Gasteiger partial charge in [0, 0.05) is 18.3 Å². The molecule has 2 heterocycles. The fourth-order valence-electron chi connectivity index (χ4n) is 3.54. The lowest BCUT2D eigenvalue weighted by atomic mass is 10.1. The quantitative estimate of drug-likeness (QED) is 0.196. The number of nitrogens with one attached hydrogen (secondary N) is 4. The number of halogens is 6. The normalized spacial score (nSPS) is 13.2. The van der Waals surface area contributed by atoms with Gasteiger partial charge in [-0.05, 0) is 61.3 Å². The third-order valence-corrected chi connectivity index (χ3v) is 5.71. The van der Waals surface area contributed by atoms with Crippen molar-refractivity contribution in [2.75, 3.05) is 25.5 Å². The number of carbonyl (C=O) groups excluding carboxylic acids is 1. The molecule has 12 nitrogen and oxygen atoms in total. The molecule has 0 spiro atoms. The van der Waals surface area contributed by atoms with Crippen LogP contribution in [0, 0.1) is 0 Å². The molecule has 2 amide bonds. The summed E-state index contributed by atoms with van der Waals surface area (Å²) < 4.78 is 75.0. The minimum absolute atomic E-state index is 0.112. The monoisotopic (exact) mass is 649 g/mol. The lowest BCUT2D eigenvalue weighted by Gasteiger charge is -2.25. The van der Waals surface area contributed by atoms with Crippen molar-refractivity contribution >= 4 is 23.7 Å². The van der Waals surface area contributed by atoms with Gasteiger partial charge in [0.05, 0.1) is 19.0 Å². The van der Waals surface area contributed by atoms with Crippen LogP contribution in [0.1, 0.15) is 18.4 Å². The molecule has 0 atom stereocenters. The second-order valence-electron chi connectivity index (χ2n) is 9.03. The van der Waals surface area contributed by atoms with Crippen molar-refractivity contribution in [1.29, 1.82) is 0 Å². The highest BCUT2D eigenvalue weighted by molar-refractivity contribution is 5.91. The van der Waals surface area contributed by atoms with Crippen molar-refractivity contribution in [2.24, 2.45) is 0 Å². The number of anilines is 1. The number of aromatic amines is 1. The number of ether oxygens (including phenoxy) is 2. The number of benzene rings is 2. The van der Waals surface area contributed by atoms with Gasteiger partial charge in [0.2, 0.25) is 0 Å². The lowest BCUT2D eigenvalue weighted by molar-refractivity contribution is -0.193. The first-order chi connectivity index (χ1) is 21.1. The van der Waals surface area contributed by atoms with Gasteiger partial charge in [0.15, 0.2) is 0 Å². The van der Waals surface area contributed by atoms with E-state index in [0.717, 1.165) is 48.4 Å². The second-order valence-corrected chi connectivity index (χ2v) is 9.03. The summed E-state index contributed by atoms with van der Waals surface area (Å²) in [7, 11) is 1.62. The van der Waals surface area contributed by atoms with Gasteiger partial charge in [-0.1, -0.05) is 18.2 Å². The zero-order valence-corrected chi connectivity index (χ0v) is 23.5. The number of carboxylic acid groups (broad SMARTS) is 2. The van der Waals surface area contributed by atoms with Gasteiger partial charge < -0.3 is 35.6 Å². The van der Waals surface area contributed by atoms with Crippen LogP contribution in [0.25, 0.3) is 11.1 Å². The molecule has 1 aromatic heterocycles. The van der Waals surface area contributed by atoms with E-state index in [4.69, 9.17) is 29.3 Å². The summed E-state index contributed by atoms with van der Waals surface area (Å²) in [5, 5.41) is 30.2. The first-order valence-corrected chi connectivity index (χ1v) is 12.9. The maximum Gasteiger partial charge on any atom is 0.490 e. The number of piperidine rings is 1. The highest BCUT2D eigenvalue weighted by Crippen LogP contribution is 2.32. The Hall–Kier alpha value is -5.00. The number of carbonyl (C=O) groups is 3. The molecule has 1 fully saturated rings. The van der Waals surface area contributed by atoms with Crippen molar-refractivity contribution < 1.29 is 60.4 Å². The number of amides is 2. The van der Waals surface area contributed by atoms with E-state index in [1.54, 1.807) is 13.3 Å². The summed E-state index contributed by atoms with van der Waals surface area (Å²) in [4.78, 5) is 30.4. The number of methoxy groups -OCH3 is 1. The molecule has 18 heteroatoms. The Balaban J connectivity index is 0.000000421. The molecule has 1 aliphatic heterocycles. The number of H-pyrrole nitrogens is 1. The fraction of sp³-hybridized carbons (Fsp3) is 0.333. The number of hydrogen-bond donors (Lipinski definition) is 6. The Kier molecular flexibility index (Phi) is 13.5. The molecular weight excluding hydrogens is 620 g/mol. The van der Waals surface area contributed by atoms with E-state index in [9.17, 15) is 31.1 Å². The van der Waals surface area contributed by atoms with E-state index in [1.165, 1.54) is 0 Å². The number of nitrogens with zero attached hydrogens (tertiary/aromatic N) is 1. The molecule has 6 N–H and O–H groups in total. The maximum atomic E-state index is 12.6. The SMILES string of the molecule is COc1cccc(CNC(=O)Nc2ccc(-c3cn[nH]c3)cc2OC2CCNCC2)c1.O=C(O)C(F)(F)F.O=C(O)C(F)(F)F. The van der Waals surface area contributed by atoms with Crippen LogP contribution in [0.5, 0.6) is 11.5 Å². The molecule has 0 aliphatic carbocycles. The van der Waals surface area contributed by atoms with E-state index in [2.05, 4.69) is 26.1 Å². The smallest absolute Gasteiger partial charge is 0.490 e. The van der Waals surface area contributed by atoms with Gasteiger partial charge >= 0.3 is 30.3 Å². The summed E-state index contributed by atoms with van der Waals surface area (Å²) in [6.45, 7) is 2.24. The third kappa shape index (κ3) is 13.0. The van der Waals surface area contributed by atoms with Crippen LogP contribution in [0.15, 0.2) is 54.9 Å². The van der Waals surface area contributed by atoms with Crippen LogP contribution >= 0.6 is 0 Å². The van der Waals surface area contributed by atoms with Gasteiger partial charge in [0.1, 0.15) is 17.6 Å². The van der Waals surface area contributed by atoms with Crippen LogP contribution in [0.3, 0.4) is 0 Å². The number of hydrogen-bond acceptors (Lipinski definition) is 7. The topological polar surface area (TPSA) is 175 Å². The standard InChI is InChI=1S/C23H27N5O3.2C2HF3O2/c1-30-20-4-2-3-16(11-20)13-25-23(29)28-21-6-5-17(18-14-26-27-15-18)12-22(21)31-19-7-9-24-10-8-19;2*3-2(4,5)1(6)7/h2-6,11-12,14-15,19,24H,7-10,13H2,1H3,(H,26,27)(H2,25,28,29);2*(H,6,7). The molecule has 4 rings (SSSR count). The molecule has 0 unspecified atom stereocenters. The van der Waals surface area contributed by atoms with Crippen LogP contribution in [0.4, 0.5) is 36.8 Å². The number of aromatic nitrogens is 2. The molecule has 0 saturated carbocycles. The fourth-order valence-corrected chi connectivity index (χ4v) is 3.54. The van der Waals surface area contributed by atoms with Crippen LogP contribution in [-0.4, -0.2) is 77.0 Å². The van der Waals surface area contributed by atoms with E-state index < -0.39 is 24.3 Å². The molecule has 3 aromatic rings. The summed E-state index contributed by atoms with van der Waals surface area (Å²) in [6, 6.07) is 13.1. The Bertz CT molecular complexity index is 1370. The molecule has 0 radical (unpaired) electrons. The van der Waals surface area contributed by atoms with E-state index in [0.29, 0.717) is 18.0 Å². The maximum absolute atomic E-state index is 12.6. The minimum atomic E-state index is -5.08. The third-order valence-electron chi connectivity index (χ3n) is 5.71. The summed E-state index contributed by atoms with van der Waals surface area (Å²) in [5.74, 6) is -4.10. The van der Waals surface area contributed by atoms with Crippen molar-refractivity contribution in [3.05, 3.63) is 60.4 Å². The predicted octanol–water partition coefficient (Wildman–Crippen LogP) is 4.80. The van der Waals surface area contributed by atoms with Crippen molar-refractivity contribution in [3.63, 3.8) is 0 Å². The predicted molar refractivity (Wildman–Crippen MR) is 147 cm³/mol. The Morgan fingerprint density at radius 2 is 1.58 bits per heavy atom. The number of aliphatic carboxylic acids is 2. The summed E-state index contributed by atoms with van der Waals surface area (Å²) >= 11 is 0. The lowest BCUT2D eigenvalue weighted by Crippen LogP contribution is -2.34. The zero-order valence-electron chi connectivity index (χ0n) is 23.5. The Morgan fingerprint density at radius 1 is 0.956 bits per heavy atom. The van der Waals surface area contributed by atoms with Gasteiger partial charge in [0.25, 0.3) is 0 Å². The van der Waals surface area contributed by atoms with Crippen LogP contribution in [-0.2, 0) is 16.1 Å². The molecule has 45 heavy (non-hydrogen) atoms. The highest BCUT2D eigenvalue weighted by atomic mass is 19.4. The van der Waals surface area contributed by atoms with Crippen molar-refractivity contribution in [2.45, 2.75) is 37.8 Å². The first-order valence-electron chi connectivity index (χ1n) is 12.9. The molecule has 1 saturated heterocycles. The number of carboxylic acids is 2. The molecule has 2 aromatic carbocycles. The van der Waals surface area contributed by atoms with E-state index >= 15 is 0 Å². The average Bonchev–Trinajstić information content (AvgIpc) is 3.53. The Labute approximate surface area is 251 Å². The van der Waals surface area contributed by atoms with Crippen molar-refractivity contribution in [3.8, 4) is 22.6 Å². The first kappa shape index (κ1) is 36.2. The van der Waals surface area contributed by atoms with Gasteiger partial charge in [-0.3, -0.25) is 5.10 Å². The highest BCUT2D eigenvalue weighted by Gasteiger charge is 2.38. The second kappa shape index (κ2) is 16.7. The average molecular weight is 650 g/mol. The Morgan fingerprint density at radius 3 is 2.11 bits per heavy atom. The number of rotatable bonds is 7. The minimum Gasteiger partial charge on any atom is -0.497 e. The van der Waals surface area contributed by atoms with Crippen LogP contribution in [0.2, 0.25) is 0 Å². The van der Waals surface area contributed by atoms with Gasteiger partial charge in [-0.25, -0.2) is 14.4 Å².